The van der Waals surface area contributed by atoms with E-state index in [1.54, 1.807) is 5.37 Å². The summed E-state index contributed by atoms with van der Waals surface area (Å²) in [6.45, 7) is 4.22. The van der Waals surface area contributed by atoms with Crippen LogP contribution >= 0.6 is 39.7 Å². The van der Waals surface area contributed by atoms with E-state index >= 15 is 0 Å². The molecule has 0 N–H and O–H groups in total. The number of hydrogen-bond acceptors (Lipinski definition) is 1. The normalized spacial score (nSPS) is 11.2. The number of benzene rings is 1. The molecule has 0 spiro atoms. The third-order valence-electron chi connectivity index (χ3n) is 2.13. The van der Waals surface area contributed by atoms with E-state index < -0.39 is 0 Å². The summed E-state index contributed by atoms with van der Waals surface area (Å²) in [6, 6.07) is 8.39. The maximum absolute atomic E-state index is 5.67. The molecule has 1 unspecified atom stereocenters. The third-order valence-corrected chi connectivity index (χ3v) is 3.17. The molecule has 0 nitrogen and oxygen atoms in total. The molecule has 0 saturated heterocycles. The monoisotopic (exact) mass is 320 g/mol. The van der Waals surface area contributed by atoms with E-state index in [9.17, 15) is 0 Å². The van der Waals surface area contributed by atoms with Crippen molar-refractivity contribution >= 4 is 45.1 Å². The lowest BCUT2D eigenvalue weighted by Crippen LogP contribution is -1.93. The lowest BCUT2D eigenvalue weighted by atomic mass is 9.99. The van der Waals surface area contributed by atoms with Crippen LogP contribution in [0.3, 0.4) is 0 Å². The summed E-state index contributed by atoms with van der Waals surface area (Å²) in [5.41, 5.74) is 1.35. The molecule has 1 rings (SSSR count). The summed E-state index contributed by atoms with van der Waals surface area (Å²) in [7, 11) is 0. The van der Waals surface area contributed by atoms with Gasteiger partial charge in [-0.05, 0) is 41.8 Å². The standard InChI is InChI=1S/C10H12BrCl.C3H6S/c1-8(5-6-12)9-3-2-4-10(11)7-9;1-2-3-4/h2-4,7-8H,5-6H2,1H3;3H,2H2,1H3. The minimum atomic E-state index is 0.556. The second kappa shape index (κ2) is 10.2. The highest BCUT2D eigenvalue weighted by atomic mass is 79.9. The molecule has 16 heavy (non-hydrogen) atoms. The molecule has 0 aliphatic heterocycles. The zero-order valence-electron chi connectivity index (χ0n) is 9.75. The van der Waals surface area contributed by atoms with Crippen molar-refractivity contribution in [2.24, 2.45) is 0 Å². The van der Waals surface area contributed by atoms with Crippen LogP contribution in [-0.4, -0.2) is 11.2 Å². The molecule has 0 aliphatic rings. The van der Waals surface area contributed by atoms with Crippen molar-refractivity contribution in [2.45, 2.75) is 32.6 Å². The summed E-state index contributed by atoms with van der Waals surface area (Å²) >= 11 is 13.6. The van der Waals surface area contributed by atoms with E-state index in [0.29, 0.717) is 5.92 Å². The van der Waals surface area contributed by atoms with Gasteiger partial charge in [-0.15, -0.1) is 11.6 Å². The van der Waals surface area contributed by atoms with Crippen molar-refractivity contribution in [1.29, 1.82) is 0 Å². The van der Waals surface area contributed by atoms with Gasteiger partial charge in [0.15, 0.2) is 0 Å². The summed E-state index contributed by atoms with van der Waals surface area (Å²) in [5, 5.41) is 1.71. The lowest BCUT2D eigenvalue weighted by molar-refractivity contribution is 0.738. The van der Waals surface area contributed by atoms with Crippen molar-refractivity contribution in [1.82, 2.24) is 0 Å². The fraction of sp³-hybridized carbons (Fsp3) is 0.462. The highest BCUT2D eigenvalue weighted by molar-refractivity contribution is 9.10. The van der Waals surface area contributed by atoms with E-state index in [1.165, 1.54) is 5.56 Å². The van der Waals surface area contributed by atoms with Gasteiger partial charge in [-0.3, -0.25) is 0 Å². The first-order valence-electron chi connectivity index (χ1n) is 5.40. The van der Waals surface area contributed by atoms with Crippen LogP contribution in [0.4, 0.5) is 0 Å². The average Bonchev–Trinajstić information content (AvgIpc) is 2.30. The maximum atomic E-state index is 5.67. The van der Waals surface area contributed by atoms with Crippen LogP contribution in [0.1, 0.15) is 38.2 Å². The van der Waals surface area contributed by atoms with Crippen molar-refractivity contribution in [3.05, 3.63) is 34.3 Å². The number of rotatable bonds is 4. The number of alkyl halides is 1. The molecule has 0 radical (unpaired) electrons. The molecule has 3 heteroatoms. The second-order valence-corrected chi connectivity index (χ2v) is 5.14. The Balaban J connectivity index is 0.000000487. The minimum Gasteiger partial charge on any atom is -0.127 e. The lowest BCUT2D eigenvalue weighted by Gasteiger charge is -2.09. The highest BCUT2D eigenvalue weighted by Crippen LogP contribution is 2.22. The van der Waals surface area contributed by atoms with Gasteiger partial charge in [0.25, 0.3) is 0 Å². The van der Waals surface area contributed by atoms with Crippen molar-refractivity contribution in [2.75, 3.05) is 5.88 Å². The van der Waals surface area contributed by atoms with Gasteiger partial charge in [0.1, 0.15) is 0 Å². The molecule has 0 aromatic heterocycles. The average molecular weight is 322 g/mol. The molecule has 90 valence electrons. The van der Waals surface area contributed by atoms with Crippen LogP contribution in [0.5, 0.6) is 0 Å². The Kier molecular flexibility index (Phi) is 10.3. The van der Waals surface area contributed by atoms with Gasteiger partial charge in [0, 0.05) is 10.4 Å². The third kappa shape index (κ3) is 7.37. The topological polar surface area (TPSA) is 0 Å². The molecule has 0 heterocycles. The highest BCUT2D eigenvalue weighted by Gasteiger charge is 2.03. The predicted octanol–water partition coefficient (Wildman–Crippen LogP) is 5.58. The largest absolute Gasteiger partial charge is 0.127 e. The van der Waals surface area contributed by atoms with Gasteiger partial charge in [0.2, 0.25) is 0 Å². The van der Waals surface area contributed by atoms with E-state index in [1.807, 2.05) is 13.0 Å². The van der Waals surface area contributed by atoms with Crippen molar-refractivity contribution in [3.8, 4) is 0 Å². The molecule has 0 fully saturated rings. The van der Waals surface area contributed by atoms with E-state index in [2.05, 4.69) is 53.3 Å². The fourth-order valence-electron chi connectivity index (χ4n) is 1.14. The Morgan fingerprint density at radius 1 is 1.50 bits per heavy atom. The molecule has 1 atom stereocenters. The number of halogens is 2. The summed E-state index contributed by atoms with van der Waals surface area (Å²) in [5.74, 6) is 1.29. The Morgan fingerprint density at radius 3 is 2.56 bits per heavy atom. The Bertz CT molecular complexity index is 302. The van der Waals surface area contributed by atoms with E-state index in [4.69, 9.17) is 11.6 Å². The summed E-state index contributed by atoms with van der Waals surface area (Å²) < 4.78 is 1.14. The first kappa shape index (κ1) is 16.1. The number of hydrogen-bond donors (Lipinski definition) is 0. The smallest absolute Gasteiger partial charge is 0.0229 e. The zero-order valence-corrected chi connectivity index (χ0v) is 12.9. The molecule has 0 aliphatic carbocycles. The van der Waals surface area contributed by atoms with Crippen LogP contribution in [-0.2, 0) is 0 Å². The number of thiocarbonyl (C=S) groups is 1. The molecule has 0 saturated carbocycles. The second-order valence-electron chi connectivity index (χ2n) is 3.51. The van der Waals surface area contributed by atoms with E-state index in [-0.39, 0.29) is 0 Å². The molecular formula is C13H18BrClS. The SMILES string of the molecule is CC(CCCl)c1cccc(Br)c1.CCC=S. The Hall–Kier alpha value is 0.0800. The fourth-order valence-corrected chi connectivity index (χ4v) is 1.89. The first-order chi connectivity index (χ1) is 7.65. The summed E-state index contributed by atoms with van der Waals surface area (Å²) in [6.07, 6.45) is 2.05. The van der Waals surface area contributed by atoms with Gasteiger partial charge in [-0.25, -0.2) is 0 Å². The van der Waals surface area contributed by atoms with Crippen LogP contribution in [0.25, 0.3) is 0 Å². The summed E-state index contributed by atoms with van der Waals surface area (Å²) in [4.78, 5) is 0. The predicted molar refractivity (Wildman–Crippen MR) is 81.8 cm³/mol. The van der Waals surface area contributed by atoms with Crippen molar-refractivity contribution in [3.63, 3.8) is 0 Å². The van der Waals surface area contributed by atoms with Crippen LogP contribution in [0, 0.1) is 0 Å². The van der Waals surface area contributed by atoms with E-state index in [0.717, 1.165) is 23.2 Å². The quantitative estimate of drug-likeness (QED) is 0.515. The Morgan fingerprint density at radius 2 is 2.12 bits per heavy atom. The van der Waals surface area contributed by atoms with Gasteiger partial charge in [-0.2, -0.15) is 0 Å². The Labute approximate surface area is 118 Å². The van der Waals surface area contributed by atoms with Crippen LogP contribution in [0.15, 0.2) is 28.7 Å². The van der Waals surface area contributed by atoms with Crippen LogP contribution < -0.4 is 0 Å². The minimum absolute atomic E-state index is 0.556. The zero-order chi connectivity index (χ0) is 12.4. The van der Waals surface area contributed by atoms with Crippen LogP contribution in [0.2, 0.25) is 0 Å². The molecule has 0 amide bonds. The van der Waals surface area contributed by atoms with Gasteiger partial charge in [0.05, 0.1) is 0 Å². The van der Waals surface area contributed by atoms with Crippen molar-refractivity contribution < 1.29 is 0 Å². The van der Waals surface area contributed by atoms with Gasteiger partial charge >= 0.3 is 0 Å². The first-order valence-corrected chi connectivity index (χ1v) is 7.20. The van der Waals surface area contributed by atoms with Gasteiger partial charge < -0.3 is 0 Å². The molecule has 0 bridgehead atoms. The van der Waals surface area contributed by atoms with Gasteiger partial charge in [-0.1, -0.05) is 54.1 Å². The molecule has 1 aromatic carbocycles. The maximum Gasteiger partial charge on any atom is 0.0229 e. The molecule has 1 aromatic rings. The molecular weight excluding hydrogens is 304 g/mol.